The van der Waals surface area contributed by atoms with Crippen LogP contribution >= 0.6 is 0 Å². The van der Waals surface area contributed by atoms with Crippen LogP contribution in [-0.4, -0.2) is 11.7 Å². The van der Waals surface area contributed by atoms with Crippen LogP contribution in [0.15, 0.2) is 12.2 Å². The second-order valence-electron chi connectivity index (χ2n) is 1.67. The van der Waals surface area contributed by atoms with Gasteiger partial charge in [-0.2, -0.15) is 0 Å². The second-order valence-corrected chi connectivity index (χ2v) is 1.67. The Kier molecular flexibility index (Phi) is 20.0. The highest BCUT2D eigenvalue weighted by Gasteiger charge is 1.64. The first kappa shape index (κ1) is 11.5. The Morgan fingerprint density at radius 3 is 1.89 bits per heavy atom. The molecule has 0 heterocycles. The van der Waals surface area contributed by atoms with E-state index in [-0.39, 0.29) is 6.61 Å². The Balaban J connectivity index is 0. The highest BCUT2D eigenvalue weighted by molar-refractivity contribution is 4.75. The average Bonchev–Trinajstić information content (AvgIpc) is 1.86. The number of unbranched alkanes of at least 4 members (excludes halogenated alkanes) is 1. The van der Waals surface area contributed by atoms with Gasteiger partial charge in [0, 0.05) is 6.61 Å². The molecule has 0 fully saturated rings. The van der Waals surface area contributed by atoms with E-state index in [1.807, 2.05) is 0 Å². The summed E-state index contributed by atoms with van der Waals surface area (Å²) in [6.45, 7) is 6.16. The molecule has 0 amide bonds. The molecule has 0 saturated carbocycles. The van der Waals surface area contributed by atoms with Crippen molar-refractivity contribution in [1.29, 1.82) is 0 Å². The van der Waals surface area contributed by atoms with Gasteiger partial charge >= 0.3 is 0 Å². The van der Waals surface area contributed by atoms with Gasteiger partial charge in [-0.3, -0.25) is 0 Å². The van der Waals surface area contributed by atoms with E-state index in [0.29, 0.717) is 0 Å². The van der Waals surface area contributed by atoms with Gasteiger partial charge in [-0.05, 0) is 20.3 Å². The highest BCUT2D eigenvalue weighted by atomic mass is 16.2. The quantitative estimate of drug-likeness (QED) is 0.569. The van der Waals surface area contributed by atoms with Crippen molar-refractivity contribution in [2.45, 2.75) is 33.6 Å². The van der Waals surface area contributed by atoms with Crippen LogP contribution in [0, 0.1) is 0 Å². The Hall–Kier alpha value is -0.300. The first-order chi connectivity index (χ1) is 4.33. The molecule has 0 aliphatic carbocycles. The zero-order valence-electron chi connectivity index (χ0n) is 6.72. The molecule has 0 spiro atoms. The van der Waals surface area contributed by atoms with E-state index >= 15 is 0 Å². The first-order valence-electron chi connectivity index (χ1n) is 3.55. The SMILES string of the molecule is CC=CCCC.CCO. The summed E-state index contributed by atoms with van der Waals surface area (Å²) in [6, 6.07) is 0. The second kappa shape index (κ2) is 15.6. The fourth-order valence-corrected chi connectivity index (χ4v) is 0.333. The predicted molar refractivity (Wildman–Crippen MR) is 42.5 cm³/mol. The minimum atomic E-state index is 0.250. The third-order valence-corrected chi connectivity index (χ3v) is 0.691. The molecule has 0 atom stereocenters. The third-order valence-electron chi connectivity index (χ3n) is 0.691. The number of aliphatic hydroxyl groups is 1. The molecule has 1 nitrogen and oxygen atoms in total. The van der Waals surface area contributed by atoms with Crippen molar-refractivity contribution in [3.8, 4) is 0 Å². The lowest BCUT2D eigenvalue weighted by molar-refractivity contribution is 0.318. The molecule has 56 valence electrons. The molecular formula is C8H18O. The van der Waals surface area contributed by atoms with E-state index in [0.717, 1.165) is 0 Å². The number of hydrogen-bond acceptors (Lipinski definition) is 1. The van der Waals surface area contributed by atoms with E-state index in [1.165, 1.54) is 12.8 Å². The predicted octanol–water partition coefficient (Wildman–Crippen LogP) is 2.36. The molecule has 0 aromatic heterocycles. The molecule has 9 heavy (non-hydrogen) atoms. The average molecular weight is 130 g/mol. The minimum absolute atomic E-state index is 0.250. The van der Waals surface area contributed by atoms with Crippen LogP contribution in [-0.2, 0) is 0 Å². The van der Waals surface area contributed by atoms with Gasteiger partial charge < -0.3 is 5.11 Å². The summed E-state index contributed by atoms with van der Waals surface area (Å²) in [5.74, 6) is 0. The fraction of sp³-hybridized carbons (Fsp3) is 0.750. The summed E-state index contributed by atoms with van der Waals surface area (Å²) in [5, 5.41) is 7.57. The summed E-state index contributed by atoms with van der Waals surface area (Å²) in [7, 11) is 0. The van der Waals surface area contributed by atoms with Crippen LogP contribution in [0.3, 0.4) is 0 Å². The van der Waals surface area contributed by atoms with Crippen LogP contribution < -0.4 is 0 Å². The third kappa shape index (κ3) is 34.3. The Morgan fingerprint density at radius 1 is 1.33 bits per heavy atom. The molecule has 0 unspecified atom stereocenters. The van der Waals surface area contributed by atoms with Crippen molar-refractivity contribution in [2.75, 3.05) is 6.61 Å². The Bertz CT molecular complexity index is 48.5. The molecule has 1 heteroatoms. The number of hydrogen-bond donors (Lipinski definition) is 1. The van der Waals surface area contributed by atoms with Gasteiger partial charge in [-0.25, -0.2) is 0 Å². The largest absolute Gasteiger partial charge is 0.397 e. The van der Waals surface area contributed by atoms with E-state index in [4.69, 9.17) is 5.11 Å². The molecule has 0 aliphatic rings. The van der Waals surface area contributed by atoms with Crippen LogP contribution in [0.1, 0.15) is 33.6 Å². The molecule has 0 radical (unpaired) electrons. The molecule has 0 aromatic carbocycles. The van der Waals surface area contributed by atoms with Crippen molar-refractivity contribution in [3.63, 3.8) is 0 Å². The standard InChI is InChI=1S/C6H12.C2H6O/c1-3-5-6-4-2;1-2-3/h3,5H,4,6H2,1-2H3;3H,2H2,1H3. The molecule has 0 aromatic rings. The normalized spacial score (nSPS) is 8.89. The maximum Gasteiger partial charge on any atom is 0.0402 e. The van der Waals surface area contributed by atoms with E-state index in [2.05, 4.69) is 26.0 Å². The monoisotopic (exact) mass is 130 g/mol. The number of aliphatic hydroxyl groups excluding tert-OH is 1. The van der Waals surface area contributed by atoms with Crippen LogP contribution in [0.2, 0.25) is 0 Å². The maximum absolute atomic E-state index is 7.57. The van der Waals surface area contributed by atoms with Crippen molar-refractivity contribution in [2.24, 2.45) is 0 Å². The van der Waals surface area contributed by atoms with Gasteiger partial charge in [0.2, 0.25) is 0 Å². The molecular weight excluding hydrogens is 112 g/mol. The van der Waals surface area contributed by atoms with Crippen LogP contribution in [0.4, 0.5) is 0 Å². The molecule has 0 bridgehead atoms. The fourth-order valence-electron chi connectivity index (χ4n) is 0.333. The van der Waals surface area contributed by atoms with Crippen molar-refractivity contribution in [1.82, 2.24) is 0 Å². The van der Waals surface area contributed by atoms with Crippen LogP contribution in [0.5, 0.6) is 0 Å². The Labute approximate surface area is 58.4 Å². The highest BCUT2D eigenvalue weighted by Crippen LogP contribution is 1.85. The minimum Gasteiger partial charge on any atom is -0.397 e. The lowest BCUT2D eigenvalue weighted by atomic mass is 10.3. The van der Waals surface area contributed by atoms with Crippen molar-refractivity contribution >= 4 is 0 Å². The summed E-state index contributed by atoms with van der Waals surface area (Å²) < 4.78 is 0. The number of allylic oxidation sites excluding steroid dienone is 2. The van der Waals surface area contributed by atoms with Gasteiger partial charge in [0.1, 0.15) is 0 Å². The smallest absolute Gasteiger partial charge is 0.0402 e. The van der Waals surface area contributed by atoms with Gasteiger partial charge in [0.25, 0.3) is 0 Å². The van der Waals surface area contributed by atoms with Crippen molar-refractivity contribution in [3.05, 3.63) is 12.2 Å². The maximum atomic E-state index is 7.57. The summed E-state index contributed by atoms with van der Waals surface area (Å²) >= 11 is 0. The van der Waals surface area contributed by atoms with Gasteiger partial charge in [0.05, 0.1) is 0 Å². The zero-order valence-corrected chi connectivity index (χ0v) is 6.72. The molecule has 1 N–H and O–H groups in total. The lowest BCUT2D eigenvalue weighted by Crippen LogP contribution is -1.57. The van der Waals surface area contributed by atoms with E-state index in [1.54, 1.807) is 6.92 Å². The zero-order chi connectivity index (χ0) is 7.54. The summed E-state index contributed by atoms with van der Waals surface area (Å²) in [6.07, 6.45) is 6.77. The lowest BCUT2D eigenvalue weighted by Gasteiger charge is -1.76. The van der Waals surface area contributed by atoms with Gasteiger partial charge in [-0.1, -0.05) is 25.5 Å². The molecule has 0 aliphatic heterocycles. The molecule has 0 saturated heterocycles. The Morgan fingerprint density at radius 2 is 1.78 bits per heavy atom. The number of rotatable bonds is 2. The van der Waals surface area contributed by atoms with E-state index < -0.39 is 0 Å². The molecule has 0 rings (SSSR count). The summed E-state index contributed by atoms with van der Waals surface area (Å²) in [4.78, 5) is 0. The van der Waals surface area contributed by atoms with Crippen LogP contribution in [0.25, 0.3) is 0 Å². The van der Waals surface area contributed by atoms with Gasteiger partial charge in [-0.15, -0.1) is 0 Å². The van der Waals surface area contributed by atoms with Crippen molar-refractivity contribution < 1.29 is 5.11 Å². The van der Waals surface area contributed by atoms with E-state index in [9.17, 15) is 0 Å². The van der Waals surface area contributed by atoms with Gasteiger partial charge in [0.15, 0.2) is 0 Å². The topological polar surface area (TPSA) is 20.2 Å². The summed E-state index contributed by atoms with van der Waals surface area (Å²) in [5.41, 5.74) is 0. The first-order valence-corrected chi connectivity index (χ1v) is 3.55.